The predicted molar refractivity (Wildman–Crippen MR) is 125 cm³/mol. The van der Waals surface area contributed by atoms with E-state index in [-0.39, 0.29) is 5.91 Å². The second-order valence-electron chi connectivity index (χ2n) is 9.59. The minimum Gasteiger partial charge on any atom is -0.330 e. The number of carbonyl (C=O) groups is 1. The lowest BCUT2D eigenvalue weighted by atomic mass is 9.87. The fourth-order valence-corrected chi connectivity index (χ4v) is 5.82. The van der Waals surface area contributed by atoms with Crippen LogP contribution in [0.2, 0.25) is 0 Å². The Morgan fingerprint density at radius 2 is 2.00 bits per heavy atom. The highest BCUT2D eigenvalue weighted by Crippen LogP contribution is 2.33. The van der Waals surface area contributed by atoms with Crippen LogP contribution in [0.15, 0.2) is 48.8 Å². The average Bonchev–Trinajstić information content (AvgIpc) is 3.45. The van der Waals surface area contributed by atoms with Gasteiger partial charge in [0.2, 0.25) is 0 Å². The van der Waals surface area contributed by atoms with Crippen molar-refractivity contribution in [2.24, 2.45) is 0 Å². The molecule has 166 valence electrons. The highest BCUT2D eigenvalue weighted by Gasteiger charge is 2.34. The molecule has 1 unspecified atom stereocenters. The Labute approximate surface area is 189 Å². The summed E-state index contributed by atoms with van der Waals surface area (Å²) in [6, 6.07) is 13.4. The number of fused-ring (bicyclic) bond motifs is 2. The van der Waals surface area contributed by atoms with Crippen LogP contribution in [0.25, 0.3) is 5.52 Å². The molecule has 1 atom stereocenters. The molecule has 6 heteroatoms. The summed E-state index contributed by atoms with van der Waals surface area (Å²) >= 11 is 0. The molecule has 3 aliphatic rings. The molecule has 0 aliphatic carbocycles. The Balaban J connectivity index is 1.11. The van der Waals surface area contributed by atoms with Crippen LogP contribution in [0.1, 0.15) is 58.6 Å². The fraction of sp³-hybridized carbons (Fsp3) is 0.462. The van der Waals surface area contributed by atoms with E-state index >= 15 is 0 Å². The summed E-state index contributed by atoms with van der Waals surface area (Å²) in [7, 11) is 0. The molecule has 3 aromatic rings. The summed E-state index contributed by atoms with van der Waals surface area (Å²) in [6.45, 7) is 5.98. The van der Waals surface area contributed by atoms with Crippen molar-refractivity contribution < 1.29 is 4.79 Å². The van der Waals surface area contributed by atoms with E-state index in [2.05, 4.69) is 56.6 Å². The number of nitrogens with one attached hydrogen (secondary N) is 1. The molecule has 6 rings (SSSR count). The summed E-state index contributed by atoms with van der Waals surface area (Å²) in [5, 5.41) is 7.81. The summed E-state index contributed by atoms with van der Waals surface area (Å²) in [4.78, 5) is 17.6. The maximum absolute atomic E-state index is 13.0. The first-order valence-corrected chi connectivity index (χ1v) is 12.0. The zero-order valence-corrected chi connectivity index (χ0v) is 18.5. The third kappa shape index (κ3) is 3.61. The molecule has 0 saturated carbocycles. The van der Waals surface area contributed by atoms with Gasteiger partial charge in [0.15, 0.2) is 0 Å². The van der Waals surface area contributed by atoms with Crippen molar-refractivity contribution in [3.63, 3.8) is 0 Å². The molecule has 1 aromatic carbocycles. The van der Waals surface area contributed by atoms with Gasteiger partial charge in [-0.25, -0.2) is 4.52 Å². The van der Waals surface area contributed by atoms with Gasteiger partial charge in [-0.2, -0.15) is 5.10 Å². The molecule has 2 aromatic heterocycles. The van der Waals surface area contributed by atoms with Gasteiger partial charge in [0.1, 0.15) is 0 Å². The van der Waals surface area contributed by atoms with Gasteiger partial charge in [-0.15, -0.1) is 0 Å². The van der Waals surface area contributed by atoms with Gasteiger partial charge < -0.3 is 10.2 Å². The van der Waals surface area contributed by atoms with Crippen molar-refractivity contribution in [1.29, 1.82) is 0 Å². The molecule has 0 bridgehead atoms. The third-order valence-corrected chi connectivity index (χ3v) is 7.65. The molecule has 0 radical (unpaired) electrons. The van der Waals surface area contributed by atoms with Gasteiger partial charge in [0, 0.05) is 43.6 Å². The van der Waals surface area contributed by atoms with Crippen molar-refractivity contribution in [3.8, 4) is 0 Å². The maximum atomic E-state index is 13.0. The number of benzene rings is 1. The van der Waals surface area contributed by atoms with Gasteiger partial charge in [0.25, 0.3) is 5.91 Å². The Morgan fingerprint density at radius 3 is 2.84 bits per heavy atom. The lowest BCUT2D eigenvalue weighted by molar-refractivity contribution is 0.0674. The Kier molecular flexibility index (Phi) is 5.20. The number of rotatable bonds is 4. The smallest absolute Gasteiger partial charge is 0.254 e. The first-order valence-electron chi connectivity index (χ1n) is 12.0. The number of piperidine rings is 2. The molecular formula is C26H31N5O. The summed E-state index contributed by atoms with van der Waals surface area (Å²) in [5.41, 5.74) is 6.11. The maximum Gasteiger partial charge on any atom is 0.254 e. The van der Waals surface area contributed by atoms with Crippen LogP contribution in [-0.2, 0) is 13.1 Å². The minimum atomic E-state index is 0.226. The van der Waals surface area contributed by atoms with Gasteiger partial charge >= 0.3 is 0 Å². The highest BCUT2D eigenvalue weighted by atomic mass is 16.2. The Hall–Kier alpha value is -2.70. The van der Waals surface area contributed by atoms with Crippen LogP contribution >= 0.6 is 0 Å². The monoisotopic (exact) mass is 429 g/mol. The number of aromatic nitrogens is 2. The van der Waals surface area contributed by atoms with E-state index in [4.69, 9.17) is 0 Å². The highest BCUT2D eigenvalue weighted by molar-refractivity contribution is 5.98. The molecule has 1 amide bonds. The van der Waals surface area contributed by atoms with Crippen LogP contribution in [-0.4, -0.2) is 57.5 Å². The number of pyridine rings is 1. The van der Waals surface area contributed by atoms with E-state index < -0.39 is 0 Å². The van der Waals surface area contributed by atoms with E-state index in [1.807, 2.05) is 16.9 Å². The zero-order chi connectivity index (χ0) is 21.5. The minimum absolute atomic E-state index is 0.226. The van der Waals surface area contributed by atoms with Gasteiger partial charge in [-0.3, -0.25) is 9.69 Å². The predicted octanol–water partition coefficient (Wildman–Crippen LogP) is 3.42. The van der Waals surface area contributed by atoms with Crippen LogP contribution in [0.5, 0.6) is 0 Å². The molecular weight excluding hydrogens is 398 g/mol. The van der Waals surface area contributed by atoms with E-state index in [1.165, 1.54) is 35.0 Å². The zero-order valence-electron chi connectivity index (χ0n) is 18.5. The van der Waals surface area contributed by atoms with Gasteiger partial charge in [0.05, 0.1) is 5.52 Å². The van der Waals surface area contributed by atoms with Crippen molar-refractivity contribution in [2.45, 2.75) is 50.7 Å². The molecule has 1 N–H and O–H groups in total. The Bertz CT molecular complexity index is 1120. The number of carbonyl (C=O) groups excluding carboxylic acids is 1. The van der Waals surface area contributed by atoms with E-state index in [9.17, 15) is 4.79 Å². The van der Waals surface area contributed by atoms with Crippen LogP contribution in [0.4, 0.5) is 0 Å². The number of hydrogen-bond acceptors (Lipinski definition) is 4. The van der Waals surface area contributed by atoms with Crippen molar-refractivity contribution in [1.82, 2.24) is 24.7 Å². The lowest BCUT2D eigenvalue weighted by Gasteiger charge is -2.32. The van der Waals surface area contributed by atoms with E-state index in [0.717, 1.165) is 57.7 Å². The summed E-state index contributed by atoms with van der Waals surface area (Å²) in [6.07, 6.45) is 8.50. The molecule has 2 fully saturated rings. The second-order valence-corrected chi connectivity index (χ2v) is 9.59. The molecule has 32 heavy (non-hydrogen) atoms. The van der Waals surface area contributed by atoms with E-state index in [1.54, 1.807) is 0 Å². The van der Waals surface area contributed by atoms with Crippen molar-refractivity contribution in [3.05, 3.63) is 71.0 Å². The number of nitrogens with zero attached hydrogens (tertiary/aromatic N) is 4. The van der Waals surface area contributed by atoms with Crippen molar-refractivity contribution >= 4 is 11.4 Å². The average molecular weight is 430 g/mol. The van der Waals surface area contributed by atoms with Crippen molar-refractivity contribution in [2.75, 3.05) is 26.2 Å². The third-order valence-electron chi connectivity index (χ3n) is 7.65. The van der Waals surface area contributed by atoms with Crippen LogP contribution in [0.3, 0.4) is 0 Å². The number of likely N-dealkylation sites (tertiary alicyclic amines) is 1. The first-order chi connectivity index (χ1) is 15.8. The quantitative estimate of drug-likeness (QED) is 0.691. The van der Waals surface area contributed by atoms with Gasteiger partial charge in [-0.1, -0.05) is 18.2 Å². The molecule has 0 spiro atoms. The summed E-state index contributed by atoms with van der Waals surface area (Å²) in [5.74, 6) is 0.812. The molecule has 3 aliphatic heterocycles. The lowest BCUT2D eigenvalue weighted by Crippen LogP contribution is -2.46. The van der Waals surface area contributed by atoms with Crippen LogP contribution in [0, 0.1) is 0 Å². The summed E-state index contributed by atoms with van der Waals surface area (Å²) < 4.78 is 1.96. The van der Waals surface area contributed by atoms with E-state index in [0.29, 0.717) is 12.0 Å². The molecule has 2 saturated heterocycles. The molecule has 6 nitrogen and oxygen atoms in total. The molecule has 5 heterocycles. The Morgan fingerprint density at radius 1 is 1.09 bits per heavy atom. The second kappa shape index (κ2) is 8.34. The van der Waals surface area contributed by atoms with Gasteiger partial charge in [-0.05, 0) is 86.1 Å². The topological polar surface area (TPSA) is 52.9 Å². The standard InChI is InChI=1S/C26H31N5O/c32-26-24-6-5-20(15-22(24)18-30(26)23-4-1-10-27-16-23)19-8-13-29(14-9-19)17-21-3-2-12-31-25(21)7-11-28-31/h2-3,5-7,11-12,15,19,23,27H,1,4,8-10,13-14,16-18H2. The first kappa shape index (κ1) is 19.9. The number of amides is 1. The normalized spacial score (nSPS) is 22.6. The fourth-order valence-electron chi connectivity index (χ4n) is 5.82. The number of hydrogen-bond donors (Lipinski definition) is 1. The SMILES string of the molecule is O=C1c2ccc(C3CCN(Cc4cccn5nccc45)CC3)cc2CN1C1CCCNC1. The largest absolute Gasteiger partial charge is 0.330 e. The van der Waals surface area contributed by atoms with Crippen LogP contribution < -0.4 is 5.32 Å².